The highest BCUT2D eigenvalue weighted by atomic mass is 16.5. The molecule has 5 nitrogen and oxygen atoms in total. The van der Waals surface area contributed by atoms with Crippen molar-refractivity contribution in [3.63, 3.8) is 0 Å². The Kier molecular flexibility index (Phi) is 4.75. The smallest absolute Gasteiger partial charge is 0.338 e. The summed E-state index contributed by atoms with van der Waals surface area (Å²) in [6.45, 7) is 5.85. The predicted molar refractivity (Wildman–Crippen MR) is 85.9 cm³/mol. The van der Waals surface area contributed by atoms with Gasteiger partial charge in [0.2, 0.25) is 5.88 Å². The number of carbonyl (C=O) groups excluding carboxylic acids is 1. The van der Waals surface area contributed by atoms with Crippen molar-refractivity contribution in [2.75, 3.05) is 7.11 Å². The van der Waals surface area contributed by atoms with Crippen LogP contribution in [0.1, 0.15) is 43.7 Å². The lowest BCUT2D eigenvalue weighted by molar-refractivity contribution is -0.136. The number of rotatable bonds is 3. The molecule has 2 N–H and O–H groups in total. The lowest BCUT2D eigenvalue weighted by atomic mass is 9.82. The molecule has 0 amide bonds. The molecule has 1 aliphatic heterocycles. The highest BCUT2D eigenvalue weighted by molar-refractivity contribution is 5.92. The number of carbonyl (C=O) groups is 1. The van der Waals surface area contributed by atoms with Gasteiger partial charge in [0.1, 0.15) is 17.4 Å². The Morgan fingerprint density at radius 1 is 1.35 bits per heavy atom. The molecule has 0 fully saturated rings. The summed E-state index contributed by atoms with van der Waals surface area (Å²) in [5.74, 6) is -0.336. The van der Waals surface area contributed by atoms with Crippen LogP contribution in [0.4, 0.5) is 0 Å². The molecule has 1 heterocycles. The maximum Gasteiger partial charge on any atom is 0.338 e. The quantitative estimate of drug-likeness (QED) is 0.867. The molecule has 1 aromatic carbocycles. The van der Waals surface area contributed by atoms with Crippen LogP contribution in [0.2, 0.25) is 0 Å². The van der Waals surface area contributed by atoms with Gasteiger partial charge in [0, 0.05) is 0 Å². The number of ether oxygens (including phenoxy) is 2. The molecule has 0 saturated carbocycles. The normalized spacial score (nSPS) is 17.8. The van der Waals surface area contributed by atoms with Crippen molar-refractivity contribution in [1.82, 2.24) is 0 Å². The van der Waals surface area contributed by atoms with E-state index in [1.54, 1.807) is 6.92 Å². The topological polar surface area (TPSA) is 85.3 Å². The van der Waals surface area contributed by atoms with Gasteiger partial charge in [0.25, 0.3) is 0 Å². The van der Waals surface area contributed by atoms with Crippen LogP contribution in [-0.2, 0) is 14.3 Å². The third-order valence-electron chi connectivity index (χ3n) is 3.95. The first-order chi connectivity index (χ1) is 10.9. The molecule has 23 heavy (non-hydrogen) atoms. The maximum atomic E-state index is 12.2. The highest BCUT2D eigenvalue weighted by Gasteiger charge is 2.35. The second-order valence-corrected chi connectivity index (χ2v) is 5.71. The molecule has 5 heteroatoms. The monoisotopic (exact) mass is 312 g/mol. The third-order valence-corrected chi connectivity index (χ3v) is 3.95. The number of methoxy groups -OCH3 is 1. The Morgan fingerprint density at radius 3 is 2.43 bits per heavy atom. The van der Waals surface area contributed by atoms with Crippen LogP contribution in [-0.4, -0.2) is 13.1 Å². The molecule has 1 aliphatic rings. The van der Waals surface area contributed by atoms with Gasteiger partial charge >= 0.3 is 5.97 Å². The zero-order valence-corrected chi connectivity index (χ0v) is 13.7. The lowest BCUT2D eigenvalue weighted by Crippen LogP contribution is -2.25. The van der Waals surface area contributed by atoms with Crippen LogP contribution >= 0.6 is 0 Å². The fourth-order valence-electron chi connectivity index (χ4n) is 2.66. The molecule has 2 rings (SSSR count). The van der Waals surface area contributed by atoms with Crippen LogP contribution in [0.3, 0.4) is 0 Å². The second kappa shape index (κ2) is 6.57. The molecule has 0 aliphatic carbocycles. The SMILES string of the molecule is COC(=O)C1=C(C)OC(N)=C(C#N)C1c1ccc(C(C)C)cc1. The van der Waals surface area contributed by atoms with Crippen molar-refractivity contribution in [1.29, 1.82) is 5.26 Å². The van der Waals surface area contributed by atoms with E-state index in [1.807, 2.05) is 24.3 Å². The Hall–Kier alpha value is -2.74. The van der Waals surface area contributed by atoms with Gasteiger partial charge < -0.3 is 15.2 Å². The van der Waals surface area contributed by atoms with Crippen molar-refractivity contribution in [3.05, 3.63) is 58.2 Å². The Bertz CT molecular complexity index is 722. The fraction of sp³-hybridized carbons (Fsp3) is 0.333. The summed E-state index contributed by atoms with van der Waals surface area (Å²) in [7, 11) is 1.30. The lowest BCUT2D eigenvalue weighted by Gasteiger charge is -2.26. The fourth-order valence-corrected chi connectivity index (χ4v) is 2.66. The van der Waals surface area contributed by atoms with Gasteiger partial charge in [-0.05, 0) is 24.0 Å². The number of nitrogens with zero attached hydrogens (tertiary/aromatic N) is 1. The highest BCUT2D eigenvalue weighted by Crippen LogP contribution is 2.39. The Balaban J connectivity index is 2.58. The van der Waals surface area contributed by atoms with Crippen molar-refractivity contribution >= 4 is 5.97 Å². The largest absolute Gasteiger partial charge is 0.466 e. The summed E-state index contributed by atoms with van der Waals surface area (Å²) in [6, 6.07) is 9.86. The molecular weight excluding hydrogens is 292 g/mol. The van der Waals surface area contributed by atoms with Gasteiger partial charge in [-0.1, -0.05) is 38.1 Å². The first kappa shape index (κ1) is 16.6. The molecule has 0 aromatic heterocycles. The van der Waals surface area contributed by atoms with Crippen LogP contribution in [0.25, 0.3) is 0 Å². The van der Waals surface area contributed by atoms with E-state index < -0.39 is 11.9 Å². The molecule has 1 aromatic rings. The van der Waals surface area contributed by atoms with Gasteiger partial charge in [-0.25, -0.2) is 4.79 Å². The van der Waals surface area contributed by atoms with Crippen LogP contribution in [0, 0.1) is 11.3 Å². The standard InChI is InChI=1S/C18H20N2O3/c1-10(2)12-5-7-13(8-6-12)16-14(9-19)17(20)23-11(3)15(16)18(21)22-4/h5-8,10,16H,20H2,1-4H3. The molecule has 1 unspecified atom stereocenters. The van der Waals surface area contributed by atoms with Gasteiger partial charge in [0.05, 0.1) is 18.6 Å². The third kappa shape index (κ3) is 3.07. The van der Waals surface area contributed by atoms with E-state index in [0.29, 0.717) is 17.3 Å². The zero-order valence-electron chi connectivity index (χ0n) is 13.7. The Morgan fingerprint density at radius 2 is 1.96 bits per heavy atom. The molecule has 1 atom stereocenters. The van der Waals surface area contributed by atoms with Crippen LogP contribution in [0.15, 0.2) is 47.1 Å². The van der Waals surface area contributed by atoms with E-state index >= 15 is 0 Å². The van der Waals surface area contributed by atoms with Gasteiger partial charge in [0.15, 0.2) is 0 Å². The van der Waals surface area contributed by atoms with Crippen LogP contribution in [0.5, 0.6) is 0 Å². The molecule has 0 bridgehead atoms. The van der Waals surface area contributed by atoms with Gasteiger partial charge in [-0.2, -0.15) is 5.26 Å². The summed E-state index contributed by atoms with van der Waals surface area (Å²) in [5.41, 5.74) is 8.34. The number of hydrogen-bond acceptors (Lipinski definition) is 5. The summed E-state index contributed by atoms with van der Waals surface area (Å²) in [6.07, 6.45) is 0. The summed E-state index contributed by atoms with van der Waals surface area (Å²) >= 11 is 0. The maximum absolute atomic E-state index is 12.2. The van der Waals surface area contributed by atoms with Crippen molar-refractivity contribution in [3.8, 4) is 6.07 Å². The molecule has 0 radical (unpaired) electrons. The molecule has 0 saturated heterocycles. The van der Waals surface area contributed by atoms with Crippen molar-refractivity contribution < 1.29 is 14.3 Å². The Labute approximate surface area is 136 Å². The van der Waals surface area contributed by atoms with Crippen LogP contribution < -0.4 is 5.73 Å². The number of hydrogen-bond donors (Lipinski definition) is 1. The number of esters is 1. The first-order valence-electron chi connectivity index (χ1n) is 7.37. The summed E-state index contributed by atoms with van der Waals surface area (Å²) in [4.78, 5) is 12.2. The average molecular weight is 312 g/mol. The summed E-state index contributed by atoms with van der Waals surface area (Å²) < 4.78 is 10.2. The minimum absolute atomic E-state index is 0.0237. The summed E-state index contributed by atoms with van der Waals surface area (Å²) in [5, 5.41) is 9.45. The molecule has 0 spiro atoms. The number of nitrogens with two attached hydrogens (primary N) is 1. The van der Waals surface area contributed by atoms with Gasteiger partial charge in [-0.15, -0.1) is 0 Å². The van der Waals surface area contributed by atoms with E-state index in [1.165, 1.54) is 12.7 Å². The van der Waals surface area contributed by atoms with E-state index in [0.717, 1.165) is 5.56 Å². The van der Waals surface area contributed by atoms with Crippen molar-refractivity contribution in [2.24, 2.45) is 5.73 Å². The van der Waals surface area contributed by atoms with Crippen molar-refractivity contribution in [2.45, 2.75) is 32.6 Å². The van der Waals surface area contributed by atoms with E-state index in [4.69, 9.17) is 15.2 Å². The second-order valence-electron chi connectivity index (χ2n) is 5.71. The number of allylic oxidation sites excluding steroid dienone is 2. The first-order valence-corrected chi connectivity index (χ1v) is 7.37. The minimum Gasteiger partial charge on any atom is -0.466 e. The molecular formula is C18H20N2O3. The molecule has 120 valence electrons. The van der Waals surface area contributed by atoms with E-state index in [9.17, 15) is 10.1 Å². The zero-order chi connectivity index (χ0) is 17.1. The van der Waals surface area contributed by atoms with E-state index in [2.05, 4.69) is 19.9 Å². The predicted octanol–water partition coefficient (Wildman–Crippen LogP) is 3.06. The number of benzene rings is 1. The van der Waals surface area contributed by atoms with Gasteiger partial charge in [-0.3, -0.25) is 0 Å². The number of nitriles is 1. The van der Waals surface area contributed by atoms with E-state index in [-0.39, 0.29) is 11.5 Å². The minimum atomic E-state index is -0.581. The average Bonchev–Trinajstić information content (AvgIpc) is 2.53.